The second-order valence-electron chi connectivity index (χ2n) is 10.6. The molecule has 2 saturated carbocycles. The Labute approximate surface area is 206 Å². The number of hydrogen-bond donors (Lipinski definition) is 3. The fourth-order valence-corrected chi connectivity index (χ4v) is 5.74. The lowest BCUT2D eigenvalue weighted by molar-refractivity contribution is -0.118. The number of nitrogens with one attached hydrogen (secondary N) is 1. The molecule has 3 fully saturated rings. The minimum atomic E-state index is -2.68. The highest BCUT2D eigenvalue weighted by molar-refractivity contribution is 5.99. The van der Waals surface area contributed by atoms with Gasteiger partial charge in [-0.05, 0) is 74.4 Å². The highest BCUT2D eigenvalue weighted by Gasteiger charge is 2.61. The molecule has 1 saturated heterocycles. The SMILES string of the molecule is C=N/C(N)=C(\C=C(/C)c1ccc([C@@]23C[C@@H]2CN(CC(C)(F)F)C3)cc1)C(=O)N[C@H]1CC[C@H](O)CC1. The van der Waals surface area contributed by atoms with Crippen LogP contribution in [-0.4, -0.2) is 60.3 Å². The molecule has 190 valence electrons. The number of amides is 1. The van der Waals surface area contributed by atoms with E-state index in [-0.39, 0.29) is 41.4 Å². The van der Waals surface area contributed by atoms with Gasteiger partial charge in [0.2, 0.25) is 0 Å². The molecule has 35 heavy (non-hydrogen) atoms. The average molecular weight is 487 g/mol. The minimum absolute atomic E-state index is 0.00381. The van der Waals surface area contributed by atoms with Crippen molar-refractivity contribution in [3.8, 4) is 0 Å². The van der Waals surface area contributed by atoms with Crippen LogP contribution in [0.4, 0.5) is 8.78 Å². The maximum Gasteiger partial charge on any atom is 0.257 e. The molecule has 0 radical (unpaired) electrons. The molecular weight excluding hydrogens is 450 g/mol. The van der Waals surface area contributed by atoms with Crippen molar-refractivity contribution < 1.29 is 18.7 Å². The lowest BCUT2D eigenvalue weighted by Gasteiger charge is -2.26. The molecule has 1 aliphatic heterocycles. The molecule has 6 nitrogen and oxygen atoms in total. The number of rotatable bonds is 8. The molecule has 0 aromatic heterocycles. The van der Waals surface area contributed by atoms with Crippen molar-refractivity contribution in [1.82, 2.24) is 10.2 Å². The minimum Gasteiger partial charge on any atom is -0.393 e. The number of fused-ring (bicyclic) bond motifs is 1. The van der Waals surface area contributed by atoms with E-state index in [2.05, 4.69) is 29.2 Å². The van der Waals surface area contributed by atoms with Gasteiger partial charge in [-0.1, -0.05) is 24.3 Å². The van der Waals surface area contributed by atoms with E-state index >= 15 is 0 Å². The van der Waals surface area contributed by atoms with E-state index in [1.54, 1.807) is 6.08 Å². The number of benzene rings is 1. The summed E-state index contributed by atoms with van der Waals surface area (Å²) in [5.74, 6) is -2.48. The standard InChI is InChI=1S/C27H36F2N4O2/c1-17(12-23(24(30)31-3)25(35)32-21-8-10-22(34)11-9-21)18-4-6-19(7-5-18)27-13-20(27)14-33(16-27)15-26(2,28)29/h4-7,12,20-22,34H,3,8-11,13-16,30H2,1-2H3,(H,32,35)/b17-12+,24-23+/t20-,21-,22-,27+/m1/s1. The molecule has 3 aliphatic rings. The molecule has 1 aromatic rings. The van der Waals surface area contributed by atoms with Gasteiger partial charge >= 0.3 is 0 Å². The van der Waals surface area contributed by atoms with Crippen LogP contribution in [0.25, 0.3) is 5.57 Å². The number of nitrogens with two attached hydrogens (primary N) is 1. The first-order valence-corrected chi connectivity index (χ1v) is 12.4. The van der Waals surface area contributed by atoms with Crippen molar-refractivity contribution in [3.63, 3.8) is 0 Å². The van der Waals surface area contributed by atoms with Crippen molar-refractivity contribution in [2.75, 3.05) is 19.6 Å². The summed E-state index contributed by atoms with van der Waals surface area (Å²) in [6.45, 7) is 7.56. The zero-order chi connectivity index (χ0) is 25.4. The fraction of sp³-hybridized carbons (Fsp3) is 0.556. The van der Waals surface area contributed by atoms with Crippen molar-refractivity contribution >= 4 is 18.2 Å². The van der Waals surface area contributed by atoms with Crippen molar-refractivity contribution in [2.45, 2.75) is 69.4 Å². The number of halogens is 2. The van der Waals surface area contributed by atoms with Gasteiger partial charge in [0.05, 0.1) is 18.2 Å². The van der Waals surface area contributed by atoms with Crippen LogP contribution in [0.15, 0.2) is 46.7 Å². The normalized spacial score (nSPS) is 29.9. The summed E-state index contributed by atoms with van der Waals surface area (Å²) in [6.07, 6.45) is 5.25. The second kappa shape index (κ2) is 9.82. The van der Waals surface area contributed by atoms with Crippen LogP contribution in [0.3, 0.4) is 0 Å². The Bertz CT molecular complexity index is 1020. The zero-order valence-corrected chi connectivity index (χ0v) is 20.6. The number of aliphatic hydroxyl groups is 1. The van der Waals surface area contributed by atoms with Gasteiger partial charge in [-0.25, -0.2) is 13.8 Å². The van der Waals surface area contributed by atoms with Gasteiger partial charge in [0.15, 0.2) is 0 Å². The largest absolute Gasteiger partial charge is 0.393 e. The van der Waals surface area contributed by atoms with Crippen LogP contribution in [-0.2, 0) is 10.2 Å². The fourth-order valence-electron chi connectivity index (χ4n) is 5.74. The van der Waals surface area contributed by atoms with E-state index < -0.39 is 5.92 Å². The molecule has 1 heterocycles. The highest BCUT2D eigenvalue weighted by atomic mass is 19.3. The van der Waals surface area contributed by atoms with E-state index in [1.807, 2.05) is 24.0 Å². The van der Waals surface area contributed by atoms with Crippen molar-refractivity contribution in [2.24, 2.45) is 16.6 Å². The number of carbonyl (C=O) groups is 1. The molecule has 1 amide bonds. The summed E-state index contributed by atoms with van der Waals surface area (Å²) >= 11 is 0. The summed E-state index contributed by atoms with van der Waals surface area (Å²) in [7, 11) is 0. The second-order valence-corrected chi connectivity index (χ2v) is 10.6. The van der Waals surface area contributed by atoms with Crippen molar-refractivity contribution in [3.05, 3.63) is 52.9 Å². The maximum absolute atomic E-state index is 13.5. The van der Waals surface area contributed by atoms with Gasteiger partial charge in [-0.2, -0.15) is 0 Å². The molecule has 2 aliphatic carbocycles. The van der Waals surface area contributed by atoms with Crippen LogP contribution in [0.1, 0.15) is 57.1 Å². The Morgan fingerprint density at radius 1 is 1.31 bits per heavy atom. The number of aliphatic imine (C=N–C) groups is 1. The van der Waals surface area contributed by atoms with Gasteiger partial charge in [-0.15, -0.1) is 0 Å². The van der Waals surface area contributed by atoms with Crippen LogP contribution >= 0.6 is 0 Å². The Kier molecular flexibility index (Phi) is 7.16. The molecule has 0 spiro atoms. The number of nitrogens with zero attached hydrogens (tertiary/aromatic N) is 2. The van der Waals surface area contributed by atoms with Crippen molar-refractivity contribution in [1.29, 1.82) is 0 Å². The third-order valence-electron chi connectivity index (χ3n) is 7.72. The molecule has 2 atom stereocenters. The summed E-state index contributed by atoms with van der Waals surface area (Å²) in [5, 5.41) is 12.7. The predicted molar refractivity (Wildman–Crippen MR) is 134 cm³/mol. The molecule has 0 bridgehead atoms. The Morgan fingerprint density at radius 2 is 1.97 bits per heavy atom. The smallest absolute Gasteiger partial charge is 0.257 e. The van der Waals surface area contributed by atoms with Gasteiger partial charge in [0, 0.05) is 31.5 Å². The van der Waals surface area contributed by atoms with Crippen LogP contribution in [0.2, 0.25) is 0 Å². The number of likely N-dealkylation sites (tertiary alicyclic amines) is 1. The lowest BCUT2D eigenvalue weighted by atomic mass is 9.92. The van der Waals surface area contributed by atoms with Gasteiger partial charge in [0.1, 0.15) is 5.82 Å². The lowest BCUT2D eigenvalue weighted by Crippen LogP contribution is -2.39. The Morgan fingerprint density at radius 3 is 2.57 bits per heavy atom. The Balaban J connectivity index is 1.45. The van der Waals surface area contributed by atoms with E-state index in [0.29, 0.717) is 25.3 Å². The monoisotopic (exact) mass is 486 g/mol. The summed E-state index contributed by atoms with van der Waals surface area (Å²) < 4.78 is 26.9. The summed E-state index contributed by atoms with van der Waals surface area (Å²) in [4.78, 5) is 18.6. The summed E-state index contributed by atoms with van der Waals surface area (Å²) in [6, 6.07) is 8.17. The predicted octanol–water partition coefficient (Wildman–Crippen LogP) is 3.61. The van der Waals surface area contributed by atoms with Crippen LogP contribution in [0.5, 0.6) is 0 Å². The molecule has 0 unspecified atom stereocenters. The van der Waals surface area contributed by atoms with E-state index in [9.17, 15) is 18.7 Å². The number of carbonyl (C=O) groups excluding carboxylic acids is 1. The van der Waals surface area contributed by atoms with Crippen LogP contribution < -0.4 is 11.1 Å². The first-order valence-electron chi connectivity index (χ1n) is 12.4. The first kappa shape index (κ1) is 25.5. The third-order valence-corrected chi connectivity index (χ3v) is 7.72. The average Bonchev–Trinajstić information content (AvgIpc) is 3.38. The molecular formula is C27H36F2N4O2. The molecule has 4 N–H and O–H groups in total. The van der Waals surface area contributed by atoms with Gasteiger partial charge in [-0.3, -0.25) is 9.69 Å². The quantitative estimate of drug-likeness (QED) is 0.297. The van der Waals surface area contributed by atoms with Gasteiger partial charge in [0.25, 0.3) is 11.8 Å². The number of piperidine rings is 1. The van der Waals surface area contributed by atoms with E-state index in [1.165, 1.54) is 5.56 Å². The molecule has 4 rings (SSSR count). The number of allylic oxidation sites excluding steroid dienone is 1. The van der Waals surface area contributed by atoms with Gasteiger partial charge < -0.3 is 16.2 Å². The van der Waals surface area contributed by atoms with Crippen LogP contribution in [0, 0.1) is 5.92 Å². The number of aliphatic hydroxyl groups excluding tert-OH is 1. The molecule has 1 aromatic carbocycles. The summed E-state index contributed by atoms with van der Waals surface area (Å²) in [5.41, 5.74) is 9.24. The highest BCUT2D eigenvalue weighted by Crippen LogP contribution is 2.59. The Hall–Kier alpha value is -2.58. The maximum atomic E-state index is 13.5. The third kappa shape index (κ3) is 5.81. The van der Waals surface area contributed by atoms with E-state index in [0.717, 1.165) is 43.9 Å². The first-order chi connectivity index (χ1) is 16.5. The molecule has 8 heteroatoms. The topological polar surface area (TPSA) is 91.0 Å². The zero-order valence-electron chi connectivity index (χ0n) is 20.6. The number of hydrogen-bond acceptors (Lipinski definition) is 5. The number of alkyl halides is 2. The van der Waals surface area contributed by atoms with E-state index in [4.69, 9.17) is 5.73 Å².